The van der Waals surface area contributed by atoms with E-state index in [1.807, 2.05) is 0 Å². The van der Waals surface area contributed by atoms with Crippen molar-refractivity contribution in [2.45, 2.75) is 59.0 Å². The summed E-state index contributed by atoms with van der Waals surface area (Å²) in [6.45, 7) is 13.5. The van der Waals surface area contributed by atoms with Crippen molar-refractivity contribution in [2.75, 3.05) is 39.3 Å². The first-order valence-corrected chi connectivity index (χ1v) is 8.30. The van der Waals surface area contributed by atoms with Gasteiger partial charge in [-0.1, -0.05) is 40.0 Å². The molecular formula is C16H36N2O. The van der Waals surface area contributed by atoms with Crippen LogP contribution in [0.3, 0.4) is 0 Å². The molecule has 0 radical (unpaired) electrons. The van der Waals surface area contributed by atoms with Crippen LogP contribution in [0, 0.1) is 5.92 Å². The molecule has 1 unspecified atom stereocenters. The number of hydrogen-bond acceptors (Lipinski definition) is 3. The van der Waals surface area contributed by atoms with Crippen molar-refractivity contribution in [1.29, 1.82) is 0 Å². The molecule has 1 aliphatic rings. The van der Waals surface area contributed by atoms with Crippen LogP contribution in [-0.4, -0.2) is 50.3 Å². The molecule has 0 aliphatic carbocycles. The van der Waals surface area contributed by atoms with Gasteiger partial charge in [-0.3, -0.25) is 4.90 Å². The second-order valence-electron chi connectivity index (χ2n) is 5.97. The van der Waals surface area contributed by atoms with E-state index in [0.717, 1.165) is 32.2 Å². The molecule has 1 rings (SSSR count). The van der Waals surface area contributed by atoms with Crippen LogP contribution in [-0.2, 0) is 4.74 Å². The maximum Gasteiger partial charge on any atom is 0.0702 e. The molecule has 0 aromatic heterocycles. The fraction of sp³-hybridized carbons (Fsp3) is 1.00. The molecule has 0 aromatic rings. The quantitative estimate of drug-likeness (QED) is 0.618. The molecule has 3 nitrogen and oxygen atoms in total. The van der Waals surface area contributed by atoms with Gasteiger partial charge in [0.1, 0.15) is 0 Å². The highest BCUT2D eigenvalue weighted by Gasteiger charge is 2.20. The van der Waals surface area contributed by atoms with Gasteiger partial charge >= 0.3 is 0 Å². The summed E-state index contributed by atoms with van der Waals surface area (Å²) in [5.74, 6) is 0.818. The Bertz CT molecular complexity index is 217. The Hall–Kier alpha value is -0.120. The maximum atomic E-state index is 5.89. The van der Waals surface area contributed by atoms with Crippen LogP contribution in [0.15, 0.2) is 0 Å². The normalized spacial score (nSPS) is 22.6. The van der Waals surface area contributed by atoms with Gasteiger partial charge in [0.25, 0.3) is 0 Å². The van der Waals surface area contributed by atoms with Gasteiger partial charge in [0, 0.05) is 21.1 Å². The van der Waals surface area contributed by atoms with Gasteiger partial charge < -0.3 is 10.1 Å². The maximum absolute atomic E-state index is 5.89. The molecule has 0 bridgehead atoms. The number of hydrogen-bond donors (Lipinski definition) is 1. The molecule has 0 saturated carbocycles. The fourth-order valence-electron chi connectivity index (χ4n) is 2.67. The molecule has 3 heteroatoms. The molecule has 1 heterocycles. The lowest BCUT2D eigenvalue weighted by molar-refractivity contribution is -0.0367. The predicted molar refractivity (Wildman–Crippen MR) is 84.8 cm³/mol. The van der Waals surface area contributed by atoms with Crippen molar-refractivity contribution in [3.8, 4) is 0 Å². The number of unbranched alkanes of at least 4 members (excludes halogenated alkanes) is 2. The standard InChI is InChI=1S/C16H34N2O.H2/c1-4-15(3)13-18-11-12-19-16(14-18)9-7-6-8-10-17-5-2;/h15-17H,4-14H2,1-3H3;1H/t15?,16-;/m1./s1. The average molecular weight is 272 g/mol. The van der Waals surface area contributed by atoms with Crippen molar-refractivity contribution >= 4 is 0 Å². The molecule has 0 amide bonds. The van der Waals surface area contributed by atoms with Crippen LogP contribution >= 0.6 is 0 Å². The highest BCUT2D eigenvalue weighted by Crippen LogP contribution is 2.14. The minimum atomic E-state index is 0. The van der Waals surface area contributed by atoms with Gasteiger partial charge in [-0.25, -0.2) is 0 Å². The summed E-state index contributed by atoms with van der Waals surface area (Å²) in [6, 6.07) is 0. The van der Waals surface area contributed by atoms with Gasteiger partial charge in [-0.2, -0.15) is 0 Å². The van der Waals surface area contributed by atoms with Gasteiger partial charge in [0.05, 0.1) is 12.7 Å². The predicted octanol–water partition coefficient (Wildman–Crippen LogP) is 3.15. The largest absolute Gasteiger partial charge is 0.376 e. The van der Waals surface area contributed by atoms with Gasteiger partial charge in [0.15, 0.2) is 0 Å². The van der Waals surface area contributed by atoms with Crippen molar-refractivity contribution < 1.29 is 6.16 Å². The third-order valence-electron chi connectivity index (χ3n) is 4.12. The summed E-state index contributed by atoms with van der Waals surface area (Å²) in [4.78, 5) is 2.60. The van der Waals surface area contributed by atoms with Crippen LogP contribution in [0.5, 0.6) is 0 Å². The van der Waals surface area contributed by atoms with E-state index >= 15 is 0 Å². The number of nitrogens with zero attached hydrogens (tertiary/aromatic N) is 1. The highest BCUT2D eigenvalue weighted by atomic mass is 16.5. The molecule has 0 aromatic carbocycles. The molecule has 0 spiro atoms. The van der Waals surface area contributed by atoms with Gasteiger partial charge in [0.2, 0.25) is 0 Å². The van der Waals surface area contributed by atoms with Gasteiger partial charge in [-0.15, -0.1) is 0 Å². The first-order chi connectivity index (χ1) is 9.26. The second kappa shape index (κ2) is 10.6. The van der Waals surface area contributed by atoms with E-state index in [1.54, 1.807) is 0 Å². The Balaban J connectivity index is 0.00000361. The van der Waals surface area contributed by atoms with Crippen molar-refractivity contribution in [2.24, 2.45) is 5.92 Å². The second-order valence-corrected chi connectivity index (χ2v) is 5.97. The van der Waals surface area contributed by atoms with E-state index in [0.29, 0.717) is 6.10 Å². The first-order valence-electron chi connectivity index (χ1n) is 8.30. The summed E-state index contributed by atoms with van der Waals surface area (Å²) >= 11 is 0. The van der Waals surface area contributed by atoms with E-state index in [1.165, 1.54) is 45.2 Å². The molecular weight excluding hydrogens is 236 g/mol. The summed E-state index contributed by atoms with van der Waals surface area (Å²) < 4.78 is 5.89. The van der Waals surface area contributed by atoms with Gasteiger partial charge in [-0.05, 0) is 31.8 Å². The molecule has 1 aliphatic heterocycles. The number of nitrogens with one attached hydrogen (secondary N) is 1. The Morgan fingerprint density at radius 1 is 1.32 bits per heavy atom. The minimum absolute atomic E-state index is 0. The zero-order chi connectivity index (χ0) is 13.9. The van der Waals surface area contributed by atoms with Crippen LogP contribution in [0.25, 0.3) is 0 Å². The summed E-state index contributed by atoms with van der Waals surface area (Å²) in [6.07, 6.45) is 6.95. The van der Waals surface area contributed by atoms with Crippen LogP contribution in [0.2, 0.25) is 0 Å². The van der Waals surface area contributed by atoms with E-state index in [4.69, 9.17) is 4.74 Å². The smallest absolute Gasteiger partial charge is 0.0702 e. The van der Waals surface area contributed by atoms with Crippen LogP contribution in [0.4, 0.5) is 0 Å². The summed E-state index contributed by atoms with van der Waals surface area (Å²) in [5, 5.41) is 3.38. The minimum Gasteiger partial charge on any atom is -0.376 e. The van der Waals surface area contributed by atoms with Crippen molar-refractivity contribution in [1.82, 2.24) is 10.2 Å². The summed E-state index contributed by atoms with van der Waals surface area (Å²) in [5.41, 5.74) is 0. The lowest BCUT2D eigenvalue weighted by atomic mass is 10.1. The third-order valence-corrected chi connectivity index (χ3v) is 4.12. The Kier molecular flexibility index (Phi) is 9.48. The molecule has 2 atom stereocenters. The fourth-order valence-corrected chi connectivity index (χ4v) is 2.67. The highest BCUT2D eigenvalue weighted by molar-refractivity contribution is 4.73. The van der Waals surface area contributed by atoms with E-state index in [9.17, 15) is 0 Å². The first kappa shape index (κ1) is 16.9. The Morgan fingerprint density at radius 3 is 2.89 bits per heavy atom. The molecule has 116 valence electrons. The monoisotopic (exact) mass is 272 g/mol. The van der Waals surface area contributed by atoms with Crippen molar-refractivity contribution in [3.63, 3.8) is 0 Å². The van der Waals surface area contributed by atoms with E-state index < -0.39 is 0 Å². The average Bonchev–Trinajstić information content (AvgIpc) is 2.43. The topological polar surface area (TPSA) is 24.5 Å². The number of ether oxygens (including phenoxy) is 1. The SMILES string of the molecule is CCNCCCCC[C@@H]1CN(CC(C)CC)CCO1.[HH]. The van der Waals surface area contributed by atoms with E-state index in [2.05, 4.69) is 31.0 Å². The molecule has 1 N–H and O–H groups in total. The lowest BCUT2D eigenvalue weighted by Gasteiger charge is -2.34. The van der Waals surface area contributed by atoms with Crippen LogP contribution in [0.1, 0.15) is 54.3 Å². The third kappa shape index (κ3) is 7.91. The summed E-state index contributed by atoms with van der Waals surface area (Å²) in [7, 11) is 0. The van der Waals surface area contributed by atoms with Crippen LogP contribution < -0.4 is 5.32 Å². The Morgan fingerprint density at radius 2 is 2.16 bits per heavy atom. The van der Waals surface area contributed by atoms with Crippen molar-refractivity contribution in [3.05, 3.63) is 0 Å². The zero-order valence-electron chi connectivity index (χ0n) is 13.3. The number of rotatable bonds is 10. The lowest BCUT2D eigenvalue weighted by Crippen LogP contribution is -2.44. The van der Waals surface area contributed by atoms with E-state index in [-0.39, 0.29) is 1.43 Å². The Labute approximate surface area is 121 Å². The number of morpholine rings is 1. The zero-order valence-corrected chi connectivity index (χ0v) is 13.3. The molecule has 1 saturated heterocycles. The molecule has 19 heavy (non-hydrogen) atoms. The molecule has 1 fully saturated rings.